The van der Waals surface area contributed by atoms with Gasteiger partial charge in [-0.15, -0.1) is 0 Å². The summed E-state index contributed by atoms with van der Waals surface area (Å²) in [6.07, 6.45) is 0.376. The van der Waals surface area contributed by atoms with E-state index in [1.807, 2.05) is 0 Å². The summed E-state index contributed by atoms with van der Waals surface area (Å²) < 4.78 is 5.46. The van der Waals surface area contributed by atoms with E-state index in [1.165, 1.54) is 0 Å². The molecule has 0 saturated heterocycles. The Labute approximate surface area is 64.8 Å². The summed E-state index contributed by atoms with van der Waals surface area (Å²) in [6.45, 7) is 11.7. The van der Waals surface area contributed by atoms with Gasteiger partial charge < -0.3 is 4.74 Å². The Morgan fingerprint density at radius 2 is 1.50 bits per heavy atom. The highest BCUT2D eigenvalue weighted by atomic mass is 16.5. The monoisotopic (exact) mass is 144 g/mol. The Morgan fingerprint density at radius 1 is 1.00 bits per heavy atom. The maximum absolute atomic E-state index is 5.46. The molecule has 0 rings (SSSR count). The van der Waals surface area contributed by atoms with E-state index in [2.05, 4.69) is 34.6 Å². The van der Waals surface area contributed by atoms with Crippen LogP contribution in [0.4, 0.5) is 0 Å². The molecule has 0 radical (unpaired) electrons. The largest absolute Gasteiger partial charge is 0.379 e. The van der Waals surface area contributed by atoms with E-state index in [9.17, 15) is 0 Å². The molecule has 0 bridgehead atoms. The molecule has 0 aromatic heterocycles. The molecule has 62 valence electrons. The fourth-order valence-electron chi connectivity index (χ4n) is 0.537. The Hall–Kier alpha value is -0.0400. The van der Waals surface area contributed by atoms with E-state index in [0.717, 1.165) is 12.5 Å². The van der Waals surface area contributed by atoms with Gasteiger partial charge in [0.25, 0.3) is 0 Å². The van der Waals surface area contributed by atoms with E-state index in [0.29, 0.717) is 12.0 Å². The second-order valence-corrected chi connectivity index (χ2v) is 3.60. The van der Waals surface area contributed by atoms with Crippen LogP contribution >= 0.6 is 0 Å². The van der Waals surface area contributed by atoms with E-state index >= 15 is 0 Å². The summed E-state index contributed by atoms with van der Waals surface area (Å²) in [5.41, 5.74) is 0. The van der Waals surface area contributed by atoms with E-state index in [1.54, 1.807) is 0 Å². The Balaban J connectivity index is 3.30. The van der Waals surface area contributed by atoms with Crippen LogP contribution in [0.3, 0.4) is 0 Å². The average Bonchev–Trinajstić information content (AvgIpc) is 1.82. The van der Waals surface area contributed by atoms with Crippen molar-refractivity contribution in [3.05, 3.63) is 0 Å². The fraction of sp³-hybridized carbons (Fsp3) is 1.00. The summed E-state index contributed by atoms with van der Waals surface area (Å²) >= 11 is 0. The third kappa shape index (κ3) is 4.80. The Kier molecular flexibility index (Phi) is 4.71. The van der Waals surface area contributed by atoms with Crippen LogP contribution < -0.4 is 0 Å². The summed E-state index contributed by atoms with van der Waals surface area (Å²) in [7, 11) is 0. The van der Waals surface area contributed by atoms with Crippen molar-refractivity contribution < 1.29 is 4.74 Å². The Bertz CT molecular complexity index is 76.8. The first kappa shape index (κ1) is 9.96. The molecule has 1 atom stereocenters. The van der Waals surface area contributed by atoms with Crippen LogP contribution in [0, 0.1) is 11.8 Å². The smallest absolute Gasteiger partial charge is 0.0519 e. The molecule has 0 aliphatic heterocycles. The van der Waals surface area contributed by atoms with Crippen LogP contribution in [-0.4, -0.2) is 12.7 Å². The molecular formula is C9H20O. The van der Waals surface area contributed by atoms with Gasteiger partial charge in [0, 0.05) is 6.61 Å². The maximum Gasteiger partial charge on any atom is 0.0519 e. The van der Waals surface area contributed by atoms with Gasteiger partial charge in [-0.2, -0.15) is 0 Å². The first-order valence-electron chi connectivity index (χ1n) is 4.15. The first-order chi connectivity index (χ1) is 4.54. The summed E-state index contributed by atoms with van der Waals surface area (Å²) in [5, 5.41) is 0. The lowest BCUT2D eigenvalue weighted by Gasteiger charge is -2.16. The predicted molar refractivity (Wildman–Crippen MR) is 45.1 cm³/mol. The van der Waals surface area contributed by atoms with Gasteiger partial charge in [-0.05, 0) is 25.7 Å². The second-order valence-electron chi connectivity index (χ2n) is 3.60. The van der Waals surface area contributed by atoms with Gasteiger partial charge in [-0.25, -0.2) is 0 Å². The molecule has 0 aromatic rings. The minimum absolute atomic E-state index is 0.376. The summed E-state index contributed by atoms with van der Waals surface area (Å²) in [5.74, 6) is 1.42. The molecule has 0 spiro atoms. The molecule has 0 saturated carbocycles. The van der Waals surface area contributed by atoms with Gasteiger partial charge in [0.1, 0.15) is 0 Å². The van der Waals surface area contributed by atoms with Gasteiger partial charge in [0.2, 0.25) is 0 Å². The van der Waals surface area contributed by atoms with Gasteiger partial charge >= 0.3 is 0 Å². The van der Waals surface area contributed by atoms with Crippen LogP contribution in [0.25, 0.3) is 0 Å². The van der Waals surface area contributed by atoms with Crippen LogP contribution in [0.15, 0.2) is 0 Å². The third-order valence-corrected chi connectivity index (χ3v) is 1.83. The van der Waals surface area contributed by atoms with Crippen molar-refractivity contribution in [3.63, 3.8) is 0 Å². The van der Waals surface area contributed by atoms with Gasteiger partial charge in [0.05, 0.1) is 6.10 Å². The topological polar surface area (TPSA) is 9.23 Å². The van der Waals surface area contributed by atoms with Crippen LogP contribution in [0.2, 0.25) is 0 Å². The van der Waals surface area contributed by atoms with Crippen molar-refractivity contribution in [1.29, 1.82) is 0 Å². The molecule has 0 aromatic carbocycles. The van der Waals surface area contributed by atoms with Crippen molar-refractivity contribution in [1.82, 2.24) is 0 Å². The van der Waals surface area contributed by atoms with Gasteiger partial charge in [0.15, 0.2) is 0 Å². The van der Waals surface area contributed by atoms with E-state index < -0.39 is 0 Å². The summed E-state index contributed by atoms with van der Waals surface area (Å²) in [4.78, 5) is 0. The molecule has 0 aliphatic rings. The van der Waals surface area contributed by atoms with Crippen molar-refractivity contribution in [3.8, 4) is 0 Å². The van der Waals surface area contributed by atoms with Crippen molar-refractivity contribution in [2.75, 3.05) is 6.61 Å². The number of hydrogen-bond donors (Lipinski definition) is 0. The fourth-order valence-corrected chi connectivity index (χ4v) is 0.537. The van der Waals surface area contributed by atoms with E-state index in [-0.39, 0.29) is 0 Å². The Morgan fingerprint density at radius 3 is 1.80 bits per heavy atom. The lowest BCUT2D eigenvalue weighted by atomic mass is 9.99. The average molecular weight is 144 g/mol. The molecule has 0 fully saturated rings. The SMILES string of the molecule is CC(C)OCC(C)C(C)C. The predicted octanol–water partition coefficient (Wildman–Crippen LogP) is 2.70. The summed E-state index contributed by atoms with van der Waals surface area (Å²) in [6, 6.07) is 0. The zero-order chi connectivity index (χ0) is 8.15. The zero-order valence-corrected chi connectivity index (χ0v) is 7.85. The van der Waals surface area contributed by atoms with E-state index in [4.69, 9.17) is 4.74 Å². The second kappa shape index (κ2) is 4.73. The lowest BCUT2D eigenvalue weighted by molar-refractivity contribution is 0.0443. The van der Waals surface area contributed by atoms with Crippen molar-refractivity contribution >= 4 is 0 Å². The highest BCUT2D eigenvalue weighted by molar-refractivity contribution is 4.55. The van der Waals surface area contributed by atoms with Gasteiger partial charge in [-0.3, -0.25) is 0 Å². The minimum Gasteiger partial charge on any atom is -0.379 e. The quantitative estimate of drug-likeness (QED) is 0.589. The molecule has 1 nitrogen and oxygen atoms in total. The standard InChI is InChI=1S/C9H20O/c1-7(2)9(5)6-10-8(3)4/h7-9H,6H2,1-5H3. The lowest BCUT2D eigenvalue weighted by Crippen LogP contribution is -2.15. The van der Waals surface area contributed by atoms with Crippen LogP contribution in [0.1, 0.15) is 34.6 Å². The molecule has 0 aliphatic carbocycles. The molecule has 10 heavy (non-hydrogen) atoms. The molecule has 1 unspecified atom stereocenters. The normalized spacial score (nSPS) is 14.7. The van der Waals surface area contributed by atoms with Gasteiger partial charge in [-0.1, -0.05) is 20.8 Å². The van der Waals surface area contributed by atoms with Crippen molar-refractivity contribution in [2.45, 2.75) is 40.7 Å². The molecule has 0 heterocycles. The molecule has 1 heteroatoms. The zero-order valence-electron chi connectivity index (χ0n) is 7.85. The highest BCUT2D eigenvalue weighted by Crippen LogP contribution is 2.10. The van der Waals surface area contributed by atoms with Crippen LogP contribution in [0.5, 0.6) is 0 Å². The maximum atomic E-state index is 5.46. The number of rotatable bonds is 4. The molecular weight excluding hydrogens is 124 g/mol. The van der Waals surface area contributed by atoms with Crippen LogP contribution in [-0.2, 0) is 4.74 Å². The number of ether oxygens (including phenoxy) is 1. The molecule has 0 N–H and O–H groups in total. The highest BCUT2D eigenvalue weighted by Gasteiger charge is 2.07. The number of hydrogen-bond acceptors (Lipinski definition) is 1. The first-order valence-corrected chi connectivity index (χ1v) is 4.15. The van der Waals surface area contributed by atoms with Crippen molar-refractivity contribution in [2.24, 2.45) is 11.8 Å². The molecule has 0 amide bonds. The minimum atomic E-state index is 0.376. The third-order valence-electron chi connectivity index (χ3n) is 1.83.